The van der Waals surface area contributed by atoms with Crippen LogP contribution in [0.2, 0.25) is 0 Å². The summed E-state index contributed by atoms with van der Waals surface area (Å²) in [6.07, 6.45) is 5.97. The molecular weight excluding hydrogens is 312 g/mol. The molecule has 132 valence electrons. The minimum atomic E-state index is 0.208. The van der Waals surface area contributed by atoms with Crippen molar-refractivity contribution >= 4 is 5.91 Å². The van der Waals surface area contributed by atoms with Gasteiger partial charge in [-0.1, -0.05) is 30.3 Å². The second kappa shape index (κ2) is 7.40. The summed E-state index contributed by atoms with van der Waals surface area (Å²) in [5, 5.41) is 7.60. The van der Waals surface area contributed by atoms with Gasteiger partial charge in [0.2, 0.25) is 5.91 Å². The van der Waals surface area contributed by atoms with Crippen molar-refractivity contribution in [2.24, 2.45) is 5.92 Å². The van der Waals surface area contributed by atoms with Gasteiger partial charge in [0.25, 0.3) is 0 Å². The van der Waals surface area contributed by atoms with Crippen LogP contribution in [0, 0.1) is 5.92 Å². The standard InChI is InChI=1S/C20H26N4O/c25-20(12-16-6-7-16)21-10-8-18-14-23(13-17-4-2-1-3-5-17)15-19-9-11-22-24(18)19/h1-5,9,11,16,18H,6-8,10,12-15H2,(H,21,25)/t18-/m0/s1. The minimum absolute atomic E-state index is 0.208. The molecule has 1 aliphatic heterocycles. The topological polar surface area (TPSA) is 50.2 Å². The zero-order valence-corrected chi connectivity index (χ0v) is 14.6. The van der Waals surface area contributed by atoms with Crippen molar-refractivity contribution in [2.45, 2.75) is 44.8 Å². The predicted molar refractivity (Wildman–Crippen MR) is 96.8 cm³/mol. The lowest BCUT2D eigenvalue weighted by Gasteiger charge is -2.34. The van der Waals surface area contributed by atoms with E-state index in [1.807, 2.05) is 6.20 Å². The summed E-state index contributed by atoms with van der Waals surface area (Å²) in [4.78, 5) is 14.4. The molecule has 0 spiro atoms. The molecule has 1 amide bonds. The van der Waals surface area contributed by atoms with Gasteiger partial charge in [-0.3, -0.25) is 14.4 Å². The second-order valence-electron chi connectivity index (χ2n) is 7.36. The Kier molecular flexibility index (Phi) is 4.83. The number of fused-ring (bicyclic) bond motifs is 1. The van der Waals surface area contributed by atoms with E-state index in [4.69, 9.17) is 0 Å². The first-order valence-corrected chi connectivity index (χ1v) is 9.33. The van der Waals surface area contributed by atoms with E-state index in [0.29, 0.717) is 18.4 Å². The lowest BCUT2D eigenvalue weighted by molar-refractivity contribution is -0.121. The molecule has 5 nitrogen and oxygen atoms in total. The lowest BCUT2D eigenvalue weighted by Crippen LogP contribution is -2.39. The van der Waals surface area contributed by atoms with Crippen molar-refractivity contribution in [3.05, 3.63) is 53.9 Å². The Bertz CT molecular complexity index is 707. The number of carbonyl (C=O) groups is 1. The van der Waals surface area contributed by atoms with Crippen LogP contribution in [0.1, 0.15) is 43.0 Å². The van der Waals surface area contributed by atoms with Crippen molar-refractivity contribution in [2.75, 3.05) is 13.1 Å². The largest absolute Gasteiger partial charge is 0.356 e. The van der Waals surface area contributed by atoms with Crippen molar-refractivity contribution in [1.82, 2.24) is 20.0 Å². The van der Waals surface area contributed by atoms with Gasteiger partial charge in [-0.2, -0.15) is 5.10 Å². The van der Waals surface area contributed by atoms with Crippen LogP contribution in [0.4, 0.5) is 0 Å². The summed E-state index contributed by atoms with van der Waals surface area (Å²) >= 11 is 0. The summed E-state index contributed by atoms with van der Waals surface area (Å²) in [5.74, 6) is 0.855. The van der Waals surface area contributed by atoms with Gasteiger partial charge in [-0.15, -0.1) is 0 Å². The van der Waals surface area contributed by atoms with Crippen LogP contribution in [0.5, 0.6) is 0 Å². The van der Waals surface area contributed by atoms with Gasteiger partial charge in [-0.25, -0.2) is 0 Å². The van der Waals surface area contributed by atoms with Gasteiger partial charge in [0.1, 0.15) is 0 Å². The highest BCUT2D eigenvalue weighted by molar-refractivity contribution is 5.76. The van der Waals surface area contributed by atoms with Gasteiger partial charge >= 0.3 is 0 Å². The van der Waals surface area contributed by atoms with Crippen molar-refractivity contribution < 1.29 is 4.79 Å². The Morgan fingerprint density at radius 3 is 2.84 bits per heavy atom. The van der Waals surface area contributed by atoms with Gasteiger partial charge in [0.05, 0.1) is 11.7 Å². The normalized spacial score (nSPS) is 20.2. The summed E-state index contributed by atoms with van der Waals surface area (Å²) in [6.45, 7) is 3.59. The molecule has 2 aliphatic rings. The second-order valence-corrected chi connectivity index (χ2v) is 7.36. The van der Waals surface area contributed by atoms with E-state index in [2.05, 4.69) is 56.4 Å². The van der Waals surface area contributed by atoms with Gasteiger partial charge < -0.3 is 5.32 Å². The Morgan fingerprint density at radius 1 is 1.20 bits per heavy atom. The highest BCUT2D eigenvalue weighted by atomic mass is 16.1. The molecule has 0 bridgehead atoms. The first-order chi connectivity index (χ1) is 12.3. The number of amides is 1. The number of rotatable bonds is 7. The average molecular weight is 338 g/mol. The van der Waals surface area contributed by atoms with E-state index in [0.717, 1.165) is 32.6 Å². The van der Waals surface area contributed by atoms with Gasteiger partial charge in [0, 0.05) is 38.8 Å². The van der Waals surface area contributed by atoms with E-state index >= 15 is 0 Å². The highest BCUT2D eigenvalue weighted by Crippen LogP contribution is 2.32. The maximum Gasteiger partial charge on any atom is 0.220 e. The number of hydrogen-bond acceptors (Lipinski definition) is 3. The molecule has 1 aliphatic carbocycles. The summed E-state index contributed by atoms with van der Waals surface area (Å²) in [6, 6.07) is 13.0. The lowest BCUT2D eigenvalue weighted by atomic mass is 10.1. The fourth-order valence-electron chi connectivity index (χ4n) is 3.67. The van der Waals surface area contributed by atoms with Gasteiger partial charge in [0.15, 0.2) is 0 Å². The SMILES string of the molecule is O=C(CC1CC1)NCC[C@H]1CN(Cc2ccccc2)Cc2ccnn21. The Labute approximate surface area is 149 Å². The molecule has 1 N–H and O–H groups in total. The van der Waals surface area contributed by atoms with Crippen LogP contribution in [-0.4, -0.2) is 33.7 Å². The maximum atomic E-state index is 11.9. The number of hydrogen-bond donors (Lipinski definition) is 1. The fraction of sp³-hybridized carbons (Fsp3) is 0.500. The van der Waals surface area contributed by atoms with Crippen LogP contribution in [0.3, 0.4) is 0 Å². The third-order valence-corrected chi connectivity index (χ3v) is 5.17. The maximum absolute atomic E-state index is 11.9. The molecular formula is C20H26N4O. The smallest absolute Gasteiger partial charge is 0.220 e. The van der Waals surface area contributed by atoms with Crippen molar-refractivity contribution in [3.8, 4) is 0 Å². The molecule has 0 saturated heterocycles. The van der Waals surface area contributed by atoms with E-state index < -0.39 is 0 Å². The third kappa shape index (κ3) is 4.28. The molecule has 0 unspecified atom stereocenters. The Morgan fingerprint density at radius 2 is 2.04 bits per heavy atom. The summed E-state index contributed by atoms with van der Waals surface area (Å²) in [5.41, 5.74) is 2.60. The van der Waals surface area contributed by atoms with E-state index in [1.165, 1.54) is 24.1 Å². The van der Waals surface area contributed by atoms with E-state index in [1.54, 1.807) is 0 Å². The molecule has 25 heavy (non-hydrogen) atoms. The zero-order valence-electron chi connectivity index (χ0n) is 14.6. The highest BCUT2D eigenvalue weighted by Gasteiger charge is 2.26. The zero-order chi connectivity index (χ0) is 17.1. The summed E-state index contributed by atoms with van der Waals surface area (Å²) in [7, 11) is 0. The number of carbonyl (C=O) groups excluding carboxylic acids is 1. The number of benzene rings is 1. The molecule has 1 atom stereocenters. The van der Waals surface area contributed by atoms with E-state index in [-0.39, 0.29) is 5.91 Å². The van der Waals surface area contributed by atoms with Crippen LogP contribution in [0.15, 0.2) is 42.6 Å². The van der Waals surface area contributed by atoms with Crippen LogP contribution < -0.4 is 5.32 Å². The first kappa shape index (κ1) is 16.3. The van der Waals surface area contributed by atoms with Crippen molar-refractivity contribution in [1.29, 1.82) is 0 Å². The van der Waals surface area contributed by atoms with E-state index in [9.17, 15) is 4.79 Å². The fourth-order valence-corrected chi connectivity index (χ4v) is 3.67. The molecule has 4 rings (SSSR count). The number of nitrogens with zero attached hydrogens (tertiary/aromatic N) is 3. The minimum Gasteiger partial charge on any atom is -0.356 e. The summed E-state index contributed by atoms with van der Waals surface area (Å²) < 4.78 is 2.15. The molecule has 2 aromatic rings. The van der Waals surface area contributed by atoms with Crippen molar-refractivity contribution in [3.63, 3.8) is 0 Å². The Balaban J connectivity index is 1.34. The average Bonchev–Trinajstić information content (AvgIpc) is 3.29. The molecule has 1 fully saturated rings. The predicted octanol–water partition coefficient (Wildman–Crippen LogP) is 2.75. The molecule has 5 heteroatoms. The Hall–Kier alpha value is -2.14. The number of aromatic nitrogens is 2. The molecule has 1 aromatic heterocycles. The number of nitrogens with one attached hydrogen (secondary N) is 1. The van der Waals surface area contributed by atoms with Crippen LogP contribution >= 0.6 is 0 Å². The van der Waals surface area contributed by atoms with Crippen LogP contribution in [-0.2, 0) is 17.9 Å². The third-order valence-electron chi connectivity index (χ3n) is 5.17. The van der Waals surface area contributed by atoms with Crippen LogP contribution in [0.25, 0.3) is 0 Å². The monoisotopic (exact) mass is 338 g/mol. The van der Waals surface area contributed by atoms with Gasteiger partial charge in [-0.05, 0) is 36.8 Å². The molecule has 1 saturated carbocycles. The molecule has 0 radical (unpaired) electrons. The first-order valence-electron chi connectivity index (χ1n) is 9.33. The molecule has 1 aromatic carbocycles. The quantitative estimate of drug-likeness (QED) is 0.844. The molecule has 2 heterocycles.